The Balaban J connectivity index is 2.03. The average Bonchev–Trinajstić information content (AvgIpc) is 2.72. The molecule has 0 bridgehead atoms. The summed E-state index contributed by atoms with van der Waals surface area (Å²) >= 11 is 0. The number of ether oxygens (including phenoxy) is 1. The number of aliphatic hydroxyl groups excluding tert-OH is 1. The Bertz CT molecular complexity index is 338. The molecule has 1 heterocycles. The van der Waals surface area contributed by atoms with Crippen molar-refractivity contribution in [3.8, 4) is 0 Å². The predicted octanol–water partition coefficient (Wildman–Crippen LogP) is 1.07. The Morgan fingerprint density at radius 1 is 1.71 bits per heavy atom. The fourth-order valence-corrected chi connectivity index (χ4v) is 2.30. The molecule has 17 heavy (non-hydrogen) atoms. The molecule has 0 spiro atoms. The zero-order valence-electron chi connectivity index (χ0n) is 10.1. The van der Waals surface area contributed by atoms with E-state index in [0.29, 0.717) is 13.2 Å². The van der Waals surface area contributed by atoms with E-state index in [1.54, 1.807) is 0 Å². The number of carbonyl (C=O) groups is 1. The molecule has 0 saturated carbocycles. The minimum Gasteiger partial charge on any atom is -0.356 e. The van der Waals surface area contributed by atoms with Crippen LogP contribution in [0.1, 0.15) is 19.8 Å². The van der Waals surface area contributed by atoms with Crippen LogP contribution >= 0.6 is 0 Å². The van der Waals surface area contributed by atoms with E-state index >= 15 is 0 Å². The van der Waals surface area contributed by atoms with Crippen molar-refractivity contribution in [2.24, 2.45) is 5.92 Å². The van der Waals surface area contributed by atoms with E-state index in [4.69, 9.17) is 4.74 Å². The number of rotatable bonds is 4. The topological polar surface area (TPSA) is 49.8 Å². The third kappa shape index (κ3) is 2.83. The standard InChI is InChI=1S/C13H19NO3/c1-10(8-15)12-9-17-13(16)14(12)7-11-5-3-2-4-6-11/h2-3,5,8,10,12-13,16H,4,6-7,9H2,1H3. The second-order valence-corrected chi connectivity index (χ2v) is 4.69. The smallest absolute Gasteiger partial charge is 0.216 e. The van der Waals surface area contributed by atoms with Gasteiger partial charge < -0.3 is 14.6 Å². The second-order valence-electron chi connectivity index (χ2n) is 4.69. The van der Waals surface area contributed by atoms with Crippen LogP contribution in [0.3, 0.4) is 0 Å². The molecule has 1 fully saturated rings. The molecule has 2 rings (SSSR count). The molecule has 4 nitrogen and oxygen atoms in total. The van der Waals surface area contributed by atoms with E-state index in [2.05, 4.69) is 12.2 Å². The van der Waals surface area contributed by atoms with E-state index in [9.17, 15) is 9.90 Å². The number of aldehydes is 1. The van der Waals surface area contributed by atoms with Crippen LogP contribution in [-0.4, -0.2) is 41.9 Å². The van der Waals surface area contributed by atoms with Gasteiger partial charge in [-0.3, -0.25) is 0 Å². The van der Waals surface area contributed by atoms with Gasteiger partial charge in [0.15, 0.2) is 0 Å². The summed E-state index contributed by atoms with van der Waals surface area (Å²) in [6, 6.07) is -0.0192. The highest BCUT2D eigenvalue weighted by Gasteiger charge is 2.36. The lowest BCUT2D eigenvalue weighted by molar-refractivity contribution is -0.135. The third-order valence-electron chi connectivity index (χ3n) is 3.43. The Kier molecular flexibility index (Phi) is 4.10. The minimum absolute atomic E-state index is 0.0192. The van der Waals surface area contributed by atoms with Crippen LogP contribution in [0.25, 0.3) is 0 Å². The van der Waals surface area contributed by atoms with Gasteiger partial charge in [0.05, 0.1) is 6.61 Å². The number of nitrogens with zero attached hydrogens (tertiary/aromatic N) is 1. The highest BCUT2D eigenvalue weighted by atomic mass is 16.6. The van der Waals surface area contributed by atoms with Crippen LogP contribution in [0.2, 0.25) is 0 Å². The number of carbonyl (C=O) groups excluding carboxylic acids is 1. The van der Waals surface area contributed by atoms with Crippen LogP contribution in [0.4, 0.5) is 0 Å². The summed E-state index contributed by atoms with van der Waals surface area (Å²) in [6.07, 6.45) is 8.36. The van der Waals surface area contributed by atoms with Crippen molar-refractivity contribution in [2.75, 3.05) is 13.2 Å². The molecule has 1 N–H and O–H groups in total. The number of aliphatic hydroxyl groups is 1. The summed E-state index contributed by atoms with van der Waals surface area (Å²) in [4.78, 5) is 12.7. The first-order valence-corrected chi connectivity index (χ1v) is 6.07. The molecule has 0 aromatic heterocycles. The van der Waals surface area contributed by atoms with Crippen LogP contribution in [-0.2, 0) is 9.53 Å². The lowest BCUT2D eigenvalue weighted by Gasteiger charge is -2.28. The Morgan fingerprint density at radius 2 is 2.53 bits per heavy atom. The molecule has 1 saturated heterocycles. The third-order valence-corrected chi connectivity index (χ3v) is 3.43. The first kappa shape index (κ1) is 12.5. The van der Waals surface area contributed by atoms with E-state index in [1.165, 1.54) is 5.57 Å². The molecule has 4 heteroatoms. The molecular weight excluding hydrogens is 218 g/mol. The summed E-state index contributed by atoms with van der Waals surface area (Å²) in [5.74, 6) is -0.119. The highest BCUT2D eigenvalue weighted by Crippen LogP contribution is 2.24. The van der Waals surface area contributed by atoms with Gasteiger partial charge in [-0.1, -0.05) is 30.7 Å². The largest absolute Gasteiger partial charge is 0.356 e. The summed E-state index contributed by atoms with van der Waals surface area (Å²) in [5.41, 5.74) is 1.28. The van der Waals surface area contributed by atoms with Gasteiger partial charge in [0.1, 0.15) is 6.29 Å². The van der Waals surface area contributed by atoms with Gasteiger partial charge >= 0.3 is 0 Å². The van der Waals surface area contributed by atoms with Crippen molar-refractivity contribution in [1.82, 2.24) is 4.90 Å². The van der Waals surface area contributed by atoms with Crippen LogP contribution in [0, 0.1) is 5.92 Å². The predicted molar refractivity (Wildman–Crippen MR) is 64.1 cm³/mol. The second kappa shape index (κ2) is 5.58. The minimum atomic E-state index is -0.880. The monoisotopic (exact) mass is 237 g/mol. The average molecular weight is 237 g/mol. The fraction of sp³-hybridized carbons (Fsp3) is 0.615. The summed E-state index contributed by atoms with van der Waals surface area (Å²) in [7, 11) is 0. The number of allylic oxidation sites excluding steroid dienone is 3. The van der Waals surface area contributed by atoms with Gasteiger partial charge in [-0.15, -0.1) is 0 Å². The number of hydrogen-bond acceptors (Lipinski definition) is 4. The zero-order valence-corrected chi connectivity index (χ0v) is 10.1. The fourth-order valence-electron chi connectivity index (χ4n) is 2.30. The molecule has 0 aromatic rings. The quantitative estimate of drug-likeness (QED) is 0.743. The maximum atomic E-state index is 10.8. The summed E-state index contributed by atoms with van der Waals surface area (Å²) < 4.78 is 5.22. The molecule has 3 atom stereocenters. The molecule has 0 radical (unpaired) electrons. The lowest BCUT2D eigenvalue weighted by atomic mass is 10.0. The lowest BCUT2D eigenvalue weighted by Crippen LogP contribution is -2.42. The Morgan fingerprint density at radius 3 is 3.18 bits per heavy atom. The normalized spacial score (nSPS) is 31.3. The molecule has 0 amide bonds. The van der Waals surface area contributed by atoms with Crippen molar-refractivity contribution in [1.29, 1.82) is 0 Å². The van der Waals surface area contributed by atoms with Crippen molar-refractivity contribution >= 4 is 6.29 Å². The molecule has 94 valence electrons. The molecule has 1 aliphatic carbocycles. The SMILES string of the molecule is CC(C=O)C1COC(O)N1CC1=CC=CCC1. The molecule has 2 aliphatic rings. The van der Waals surface area contributed by atoms with Crippen molar-refractivity contribution in [2.45, 2.75) is 32.2 Å². The van der Waals surface area contributed by atoms with Crippen LogP contribution in [0.5, 0.6) is 0 Å². The van der Waals surface area contributed by atoms with E-state index in [1.807, 2.05) is 17.9 Å². The van der Waals surface area contributed by atoms with Gasteiger partial charge in [0.2, 0.25) is 6.41 Å². The molecule has 1 aliphatic heterocycles. The Labute approximate surface area is 102 Å². The zero-order chi connectivity index (χ0) is 12.3. The summed E-state index contributed by atoms with van der Waals surface area (Å²) in [6.45, 7) is 2.96. The van der Waals surface area contributed by atoms with Gasteiger partial charge in [-0.25, -0.2) is 4.90 Å². The van der Waals surface area contributed by atoms with Gasteiger partial charge in [-0.05, 0) is 12.8 Å². The van der Waals surface area contributed by atoms with E-state index in [-0.39, 0.29) is 12.0 Å². The van der Waals surface area contributed by atoms with Gasteiger partial charge in [0, 0.05) is 18.5 Å². The van der Waals surface area contributed by atoms with Crippen molar-refractivity contribution < 1.29 is 14.6 Å². The van der Waals surface area contributed by atoms with Crippen LogP contribution < -0.4 is 0 Å². The number of hydrogen-bond donors (Lipinski definition) is 1. The highest BCUT2D eigenvalue weighted by molar-refractivity contribution is 5.54. The first-order valence-electron chi connectivity index (χ1n) is 6.07. The van der Waals surface area contributed by atoms with Crippen LogP contribution in [0.15, 0.2) is 23.8 Å². The van der Waals surface area contributed by atoms with Gasteiger partial charge in [-0.2, -0.15) is 0 Å². The van der Waals surface area contributed by atoms with Gasteiger partial charge in [0.25, 0.3) is 0 Å². The molecule has 3 unspecified atom stereocenters. The Hall–Kier alpha value is -0.970. The summed E-state index contributed by atoms with van der Waals surface area (Å²) in [5, 5.41) is 9.78. The maximum Gasteiger partial charge on any atom is 0.216 e. The van der Waals surface area contributed by atoms with E-state index < -0.39 is 6.41 Å². The van der Waals surface area contributed by atoms with E-state index in [0.717, 1.165) is 19.1 Å². The molecule has 0 aromatic carbocycles. The van der Waals surface area contributed by atoms with Crippen molar-refractivity contribution in [3.63, 3.8) is 0 Å². The van der Waals surface area contributed by atoms with Crippen molar-refractivity contribution in [3.05, 3.63) is 23.8 Å². The first-order chi connectivity index (χ1) is 8.22. The maximum absolute atomic E-state index is 10.8. The molecular formula is C13H19NO3.